The lowest BCUT2D eigenvalue weighted by molar-refractivity contribution is -0.137. The summed E-state index contributed by atoms with van der Waals surface area (Å²) < 4.78 is 28.6. The van der Waals surface area contributed by atoms with Crippen LogP contribution in [0.15, 0.2) is 54.6 Å². The molecule has 0 bridgehead atoms. The Morgan fingerprint density at radius 3 is 2.27 bits per heavy atom. The first-order valence-electron chi connectivity index (χ1n) is 8.05. The number of carbonyl (C=O) groups excluding carboxylic acids is 1. The van der Waals surface area contributed by atoms with Crippen molar-refractivity contribution in [2.24, 2.45) is 0 Å². The number of amides is 1. The molecule has 0 radical (unpaired) electrons. The van der Waals surface area contributed by atoms with Crippen molar-refractivity contribution in [1.29, 1.82) is 0 Å². The summed E-state index contributed by atoms with van der Waals surface area (Å²) in [6, 6.07) is 14.4. The minimum atomic E-state index is -2.93. The number of carbonyl (C=O) groups is 2. The molecule has 138 valence electrons. The summed E-state index contributed by atoms with van der Waals surface area (Å²) in [5.74, 6) is -1.38. The van der Waals surface area contributed by atoms with Crippen molar-refractivity contribution in [3.63, 3.8) is 0 Å². The summed E-state index contributed by atoms with van der Waals surface area (Å²) in [6.45, 7) is -2.93. The molecule has 0 aromatic heterocycles. The van der Waals surface area contributed by atoms with Gasteiger partial charge in [-0.15, -0.1) is 0 Å². The average Bonchev–Trinajstić information content (AvgIpc) is 2.60. The zero-order valence-corrected chi connectivity index (χ0v) is 13.9. The maximum atomic E-state index is 12.4. The molecule has 2 aromatic rings. The minimum absolute atomic E-state index is 0.0386. The van der Waals surface area contributed by atoms with Gasteiger partial charge in [-0.05, 0) is 42.7 Å². The Kier molecular flexibility index (Phi) is 7.08. The molecule has 0 aliphatic rings. The van der Waals surface area contributed by atoms with Crippen molar-refractivity contribution in [1.82, 2.24) is 5.32 Å². The molecule has 0 saturated heterocycles. The van der Waals surface area contributed by atoms with Crippen molar-refractivity contribution in [3.8, 4) is 5.75 Å². The third-order valence-electron chi connectivity index (χ3n) is 3.71. The number of hydrogen-bond acceptors (Lipinski definition) is 3. The molecule has 0 saturated carbocycles. The van der Waals surface area contributed by atoms with E-state index in [0.29, 0.717) is 6.42 Å². The molecule has 1 amide bonds. The average molecular weight is 363 g/mol. The van der Waals surface area contributed by atoms with E-state index >= 15 is 0 Å². The van der Waals surface area contributed by atoms with Crippen molar-refractivity contribution < 1.29 is 28.2 Å². The smallest absolute Gasteiger partial charge is 0.387 e. The topological polar surface area (TPSA) is 75.6 Å². The van der Waals surface area contributed by atoms with Crippen molar-refractivity contribution in [2.75, 3.05) is 0 Å². The number of carboxylic acid groups (broad SMARTS) is 1. The fraction of sp³-hybridized carbons (Fsp3) is 0.263. The Morgan fingerprint density at radius 1 is 1.04 bits per heavy atom. The monoisotopic (exact) mass is 363 g/mol. The summed E-state index contributed by atoms with van der Waals surface area (Å²) >= 11 is 0. The summed E-state index contributed by atoms with van der Waals surface area (Å²) in [7, 11) is 0. The Bertz CT molecular complexity index is 720. The van der Waals surface area contributed by atoms with Gasteiger partial charge < -0.3 is 15.2 Å². The van der Waals surface area contributed by atoms with Crippen LogP contribution in [0.1, 0.15) is 28.8 Å². The van der Waals surface area contributed by atoms with E-state index in [2.05, 4.69) is 10.1 Å². The van der Waals surface area contributed by atoms with Gasteiger partial charge in [0.1, 0.15) is 5.75 Å². The normalized spacial score (nSPS) is 11.8. The van der Waals surface area contributed by atoms with Crippen molar-refractivity contribution in [2.45, 2.75) is 31.9 Å². The number of rotatable bonds is 9. The van der Waals surface area contributed by atoms with Crippen LogP contribution in [0.25, 0.3) is 0 Å². The van der Waals surface area contributed by atoms with E-state index in [1.807, 2.05) is 30.3 Å². The third kappa shape index (κ3) is 6.51. The standard InChI is InChI=1S/C19H19F2NO4/c20-19(21)26-16-9-6-14(7-10-16)18(25)22-15(8-11-17(23)24)12-13-4-2-1-3-5-13/h1-7,9-10,15,19H,8,11-12H2,(H,22,25)(H,23,24). The van der Waals surface area contributed by atoms with Crippen LogP contribution in [-0.4, -0.2) is 29.6 Å². The van der Waals surface area contributed by atoms with Crippen LogP contribution >= 0.6 is 0 Å². The van der Waals surface area contributed by atoms with E-state index in [4.69, 9.17) is 5.11 Å². The van der Waals surface area contributed by atoms with Gasteiger partial charge in [-0.1, -0.05) is 30.3 Å². The molecule has 7 heteroatoms. The highest BCUT2D eigenvalue weighted by molar-refractivity contribution is 5.94. The van der Waals surface area contributed by atoms with E-state index in [1.54, 1.807) is 0 Å². The number of hydrogen-bond donors (Lipinski definition) is 2. The Hall–Kier alpha value is -2.96. The number of alkyl halides is 2. The maximum Gasteiger partial charge on any atom is 0.387 e. The molecule has 0 fully saturated rings. The summed E-state index contributed by atoms with van der Waals surface area (Å²) in [5.41, 5.74) is 1.25. The molecule has 0 spiro atoms. The first-order chi connectivity index (χ1) is 12.4. The number of ether oxygens (including phenoxy) is 1. The van der Waals surface area contributed by atoms with E-state index in [9.17, 15) is 18.4 Å². The predicted molar refractivity (Wildman–Crippen MR) is 91.3 cm³/mol. The number of carboxylic acids is 1. The molecule has 26 heavy (non-hydrogen) atoms. The van der Waals surface area contributed by atoms with Crippen LogP contribution in [-0.2, 0) is 11.2 Å². The van der Waals surface area contributed by atoms with E-state index in [0.717, 1.165) is 5.56 Å². The van der Waals surface area contributed by atoms with Crippen LogP contribution in [0.3, 0.4) is 0 Å². The lowest BCUT2D eigenvalue weighted by Gasteiger charge is -2.18. The van der Waals surface area contributed by atoms with Gasteiger partial charge in [0.2, 0.25) is 0 Å². The summed E-state index contributed by atoms with van der Waals surface area (Å²) in [6.07, 6.45) is 0.702. The van der Waals surface area contributed by atoms with Crippen molar-refractivity contribution >= 4 is 11.9 Å². The number of benzene rings is 2. The Morgan fingerprint density at radius 2 is 1.69 bits per heavy atom. The van der Waals surface area contributed by atoms with Crippen LogP contribution < -0.4 is 10.1 Å². The number of nitrogens with one attached hydrogen (secondary N) is 1. The predicted octanol–water partition coefficient (Wildman–Crippen LogP) is 3.49. The minimum Gasteiger partial charge on any atom is -0.481 e. The quantitative estimate of drug-likeness (QED) is 0.715. The zero-order valence-electron chi connectivity index (χ0n) is 13.9. The van der Waals surface area contributed by atoms with Gasteiger partial charge in [0.15, 0.2) is 0 Å². The molecular formula is C19H19F2NO4. The maximum absolute atomic E-state index is 12.4. The number of halogens is 2. The fourth-order valence-corrected chi connectivity index (χ4v) is 2.48. The molecule has 5 nitrogen and oxygen atoms in total. The lowest BCUT2D eigenvalue weighted by Crippen LogP contribution is -2.36. The Balaban J connectivity index is 2.03. The van der Waals surface area contributed by atoms with E-state index < -0.39 is 18.5 Å². The van der Waals surface area contributed by atoms with Gasteiger partial charge >= 0.3 is 12.6 Å². The Labute approximate surface area is 149 Å². The van der Waals surface area contributed by atoms with Crippen LogP contribution in [0, 0.1) is 0 Å². The van der Waals surface area contributed by atoms with Gasteiger partial charge in [-0.2, -0.15) is 8.78 Å². The molecule has 2 N–H and O–H groups in total. The van der Waals surface area contributed by atoms with Crippen LogP contribution in [0.4, 0.5) is 8.78 Å². The first kappa shape index (κ1) is 19.4. The largest absolute Gasteiger partial charge is 0.481 e. The highest BCUT2D eigenvalue weighted by atomic mass is 19.3. The van der Waals surface area contributed by atoms with Gasteiger partial charge in [0.05, 0.1) is 0 Å². The fourth-order valence-electron chi connectivity index (χ4n) is 2.48. The molecule has 2 rings (SSSR count). The molecule has 0 aliphatic carbocycles. The number of aliphatic carboxylic acids is 1. The van der Waals surface area contributed by atoms with Gasteiger partial charge in [-0.25, -0.2) is 0 Å². The third-order valence-corrected chi connectivity index (χ3v) is 3.71. The molecule has 2 aromatic carbocycles. The van der Waals surface area contributed by atoms with Crippen LogP contribution in [0.5, 0.6) is 5.75 Å². The van der Waals surface area contributed by atoms with Crippen LogP contribution in [0.2, 0.25) is 0 Å². The molecular weight excluding hydrogens is 344 g/mol. The summed E-state index contributed by atoms with van der Waals surface area (Å²) in [5, 5.41) is 11.7. The zero-order chi connectivity index (χ0) is 18.9. The SMILES string of the molecule is O=C(O)CCC(Cc1ccccc1)NC(=O)c1ccc(OC(F)F)cc1. The molecule has 1 atom stereocenters. The second-order valence-electron chi connectivity index (χ2n) is 5.70. The summed E-state index contributed by atoms with van der Waals surface area (Å²) in [4.78, 5) is 23.2. The van der Waals surface area contributed by atoms with Gasteiger partial charge in [0.25, 0.3) is 5.91 Å². The van der Waals surface area contributed by atoms with Crippen molar-refractivity contribution in [3.05, 3.63) is 65.7 Å². The highest BCUT2D eigenvalue weighted by Crippen LogP contribution is 2.15. The molecule has 1 unspecified atom stereocenters. The molecule has 0 aliphatic heterocycles. The van der Waals surface area contributed by atoms with E-state index in [-0.39, 0.29) is 30.2 Å². The van der Waals surface area contributed by atoms with Gasteiger partial charge in [-0.3, -0.25) is 9.59 Å². The second kappa shape index (κ2) is 9.50. The first-order valence-corrected chi connectivity index (χ1v) is 8.05. The van der Waals surface area contributed by atoms with E-state index in [1.165, 1.54) is 24.3 Å². The second-order valence-corrected chi connectivity index (χ2v) is 5.70. The van der Waals surface area contributed by atoms with Gasteiger partial charge in [0, 0.05) is 18.0 Å². The molecule has 0 heterocycles. The highest BCUT2D eigenvalue weighted by Gasteiger charge is 2.16. The lowest BCUT2D eigenvalue weighted by atomic mass is 10.0.